The van der Waals surface area contributed by atoms with Gasteiger partial charge in [-0.15, -0.1) is 0 Å². The van der Waals surface area contributed by atoms with Crippen LogP contribution in [0.2, 0.25) is 0 Å². The van der Waals surface area contributed by atoms with Crippen LogP contribution in [0, 0.1) is 35.0 Å². The number of hydrogen-bond acceptors (Lipinski definition) is 1. The normalized spacial score (nSPS) is 39.4. The number of aliphatic hydroxyl groups is 1. The topological polar surface area (TPSA) is 20.2 Å². The zero-order valence-electron chi connectivity index (χ0n) is 15.0. The van der Waals surface area contributed by atoms with Crippen LogP contribution in [0.3, 0.4) is 0 Å². The molecule has 0 amide bonds. The molecule has 0 spiro atoms. The monoisotopic (exact) mass is 324 g/mol. The smallest absolute Gasteiger partial charge is 0.0439 e. The van der Waals surface area contributed by atoms with Crippen molar-refractivity contribution in [1.82, 2.24) is 0 Å². The molecule has 0 bridgehead atoms. The number of rotatable bonds is 5. The van der Waals surface area contributed by atoms with E-state index in [1.165, 1.54) is 25.7 Å². The third kappa shape index (κ3) is 2.39. The van der Waals surface area contributed by atoms with Crippen LogP contribution in [0.15, 0.2) is 48.1 Å². The minimum Gasteiger partial charge on any atom is -0.396 e. The second-order valence-corrected chi connectivity index (χ2v) is 8.37. The van der Waals surface area contributed by atoms with E-state index in [-0.39, 0.29) is 5.41 Å². The first-order chi connectivity index (χ1) is 11.8. The van der Waals surface area contributed by atoms with E-state index in [9.17, 15) is 5.11 Å². The molecule has 0 aromatic heterocycles. The molecular weight excluding hydrogens is 292 g/mol. The summed E-state index contributed by atoms with van der Waals surface area (Å²) in [6.45, 7) is 2.68. The highest BCUT2D eigenvalue weighted by molar-refractivity contribution is 5.33. The van der Waals surface area contributed by atoms with Gasteiger partial charge in [-0.05, 0) is 67.1 Å². The summed E-state index contributed by atoms with van der Waals surface area (Å²) in [4.78, 5) is 0. The molecule has 4 aliphatic rings. The maximum atomic E-state index is 9.97. The largest absolute Gasteiger partial charge is 0.396 e. The lowest BCUT2D eigenvalue weighted by molar-refractivity contribution is 0.0689. The Morgan fingerprint density at radius 1 is 1.04 bits per heavy atom. The van der Waals surface area contributed by atoms with Crippen LogP contribution in [0.25, 0.3) is 0 Å². The van der Waals surface area contributed by atoms with Crippen molar-refractivity contribution in [2.45, 2.75) is 51.9 Å². The van der Waals surface area contributed by atoms with Gasteiger partial charge in [0.05, 0.1) is 0 Å². The molecule has 130 valence electrons. The average Bonchev–Trinajstić information content (AvgIpc) is 3.27. The summed E-state index contributed by atoms with van der Waals surface area (Å²) in [7, 11) is 0. The second-order valence-electron chi connectivity index (χ2n) is 8.37. The van der Waals surface area contributed by atoms with E-state index in [0.29, 0.717) is 18.4 Å². The van der Waals surface area contributed by atoms with Crippen molar-refractivity contribution in [3.8, 4) is 0 Å². The number of hydrogen-bond donors (Lipinski definition) is 1. The van der Waals surface area contributed by atoms with Crippen molar-refractivity contribution in [3.63, 3.8) is 0 Å². The summed E-state index contributed by atoms with van der Waals surface area (Å²) in [6.07, 6.45) is 25.3. The molecule has 0 aliphatic heterocycles. The van der Waals surface area contributed by atoms with Gasteiger partial charge in [0.2, 0.25) is 0 Å². The van der Waals surface area contributed by atoms with Crippen molar-refractivity contribution < 1.29 is 5.11 Å². The Kier molecular flexibility index (Phi) is 4.56. The molecule has 0 aromatic rings. The van der Waals surface area contributed by atoms with Gasteiger partial charge in [0.1, 0.15) is 0 Å². The summed E-state index contributed by atoms with van der Waals surface area (Å²) >= 11 is 0. The number of aliphatic hydroxyl groups excluding tert-OH is 1. The highest BCUT2D eigenvalue weighted by atomic mass is 16.3. The Bertz CT molecular complexity index is 581. The van der Waals surface area contributed by atoms with Crippen molar-refractivity contribution in [2.75, 3.05) is 6.61 Å². The first-order valence-corrected chi connectivity index (χ1v) is 10.1. The Hall–Kier alpha value is -1.08. The van der Waals surface area contributed by atoms with Crippen molar-refractivity contribution in [1.29, 1.82) is 0 Å². The maximum absolute atomic E-state index is 9.97. The summed E-state index contributed by atoms with van der Waals surface area (Å²) in [5.41, 5.74) is 1.78. The van der Waals surface area contributed by atoms with Crippen molar-refractivity contribution in [3.05, 3.63) is 48.1 Å². The third-order valence-corrected chi connectivity index (χ3v) is 7.71. The van der Waals surface area contributed by atoms with Crippen LogP contribution in [0.1, 0.15) is 51.9 Å². The standard InChI is InChI=1S/C23H32O/c1-2-23(15-16-24,17-9-3-4-10-17)22-20-13-7-5-11-18(20)19-12-6-8-14-21(19)22/h3-5,7,9,11,13,18-22,24H,2,6,8,10,12,14-16H2,1H3. The van der Waals surface area contributed by atoms with E-state index in [2.05, 4.69) is 49.5 Å². The molecule has 4 rings (SSSR count). The molecule has 4 aliphatic carbocycles. The van der Waals surface area contributed by atoms with Crippen LogP contribution in [-0.2, 0) is 0 Å². The maximum Gasteiger partial charge on any atom is 0.0439 e. The van der Waals surface area contributed by atoms with Gasteiger partial charge in [-0.2, -0.15) is 0 Å². The fraction of sp³-hybridized carbons (Fsp3) is 0.652. The quantitative estimate of drug-likeness (QED) is 0.713. The first-order valence-electron chi connectivity index (χ1n) is 10.1. The van der Waals surface area contributed by atoms with E-state index in [0.717, 1.165) is 37.0 Å². The molecule has 2 fully saturated rings. The zero-order chi connectivity index (χ0) is 16.6. The summed E-state index contributed by atoms with van der Waals surface area (Å²) < 4.78 is 0. The van der Waals surface area contributed by atoms with Gasteiger partial charge < -0.3 is 5.11 Å². The summed E-state index contributed by atoms with van der Waals surface area (Å²) in [5, 5.41) is 9.97. The Morgan fingerprint density at radius 2 is 1.79 bits per heavy atom. The van der Waals surface area contributed by atoms with Crippen molar-refractivity contribution in [2.24, 2.45) is 35.0 Å². The van der Waals surface area contributed by atoms with Gasteiger partial charge in [0.15, 0.2) is 0 Å². The number of allylic oxidation sites excluding steroid dienone is 8. The molecule has 6 unspecified atom stereocenters. The first kappa shape index (κ1) is 16.4. The third-order valence-electron chi connectivity index (χ3n) is 7.71. The van der Waals surface area contributed by atoms with Crippen LogP contribution in [0.4, 0.5) is 0 Å². The molecule has 6 atom stereocenters. The highest BCUT2D eigenvalue weighted by Crippen LogP contribution is 2.63. The summed E-state index contributed by atoms with van der Waals surface area (Å²) in [5.74, 6) is 3.84. The summed E-state index contributed by atoms with van der Waals surface area (Å²) in [6, 6.07) is 0. The average molecular weight is 325 g/mol. The van der Waals surface area contributed by atoms with Crippen LogP contribution in [-0.4, -0.2) is 11.7 Å². The molecule has 0 aromatic carbocycles. The van der Waals surface area contributed by atoms with Crippen LogP contribution in [0.5, 0.6) is 0 Å². The van der Waals surface area contributed by atoms with E-state index in [4.69, 9.17) is 0 Å². The molecule has 1 N–H and O–H groups in total. The molecule has 0 heterocycles. The van der Waals surface area contributed by atoms with E-state index in [1.54, 1.807) is 5.57 Å². The molecular formula is C23H32O. The SMILES string of the molecule is CCC(CCO)(C1=CC=CC1)C1C2C=CC=CC2C2CCCCC21. The lowest BCUT2D eigenvalue weighted by atomic mass is 9.58. The minimum atomic E-state index is 0.188. The molecule has 24 heavy (non-hydrogen) atoms. The van der Waals surface area contributed by atoms with Crippen LogP contribution >= 0.6 is 0 Å². The lowest BCUT2D eigenvalue weighted by Crippen LogP contribution is -2.40. The highest BCUT2D eigenvalue weighted by Gasteiger charge is 2.56. The second kappa shape index (κ2) is 6.67. The Morgan fingerprint density at radius 3 is 2.46 bits per heavy atom. The molecule has 1 nitrogen and oxygen atoms in total. The minimum absolute atomic E-state index is 0.188. The van der Waals surface area contributed by atoms with Crippen molar-refractivity contribution >= 4 is 0 Å². The van der Waals surface area contributed by atoms with Gasteiger partial charge in [0, 0.05) is 6.61 Å². The Labute approximate surface area is 147 Å². The Balaban J connectivity index is 1.77. The van der Waals surface area contributed by atoms with Gasteiger partial charge in [-0.25, -0.2) is 0 Å². The molecule has 0 saturated heterocycles. The fourth-order valence-corrected chi connectivity index (χ4v) is 6.80. The molecule has 2 saturated carbocycles. The van der Waals surface area contributed by atoms with E-state index < -0.39 is 0 Å². The van der Waals surface area contributed by atoms with E-state index in [1.807, 2.05) is 0 Å². The fourth-order valence-electron chi connectivity index (χ4n) is 6.80. The van der Waals surface area contributed by atoms with Gasteiger partial charge in [0.25, 0.3) is 0 Å². The zero-order valence-corrected chi connectivity index (χ0v) is 15.0. The van der Waals surface area contributed by atoms with E-state index >= 15 is 0 Å². The van der Waals surface area contributed by atoms with Crippen LogP contribution < -0.4 is 0 Å². The molecule has 0 radical (unpaired) electrons. The number of fused-ring (bicyclic) bond motifs is 3. The van der Waals surface area contributed by atoms with Gasteiger partial charge >= 0.3 is 0 Å². The van der Waals surface area contributed by atoms with Gasteiger partial charge in [-0.3, -0.25) is 0 Å². The predicted octanol–water partition coefficient (Wildman–Crippen LogP) is 5.45. The van der Waals surface area contributed by atoms with Gasteiger partial charge in [-0.1, -0.05) is 67.9 Å². The molecule has 1 heteroatoms. The lowest BCUT2D eigenvalue weighted by Gasteiger charge is -2.46. The predicted molar refractivity (Wildman–Crippen MR) is 100 cm³/mol.